The molecule has 24 heavy (non-hydrogen) atoms. The van der Waals surface area contributed by atoms with Crippen LogP contribution >= 0.6 is 15.9 Å². The van der Waals surface area contributed by atoms with Crippen LogP contribution in [0.4, 0.5) is 4.39 Å². The summed E-state index contributed by atoms with van der Waals surface area (Å²) in [5.74, 6) is -0.756. The molecule has 0 aromatic heterocycles. The number of ether oxygens (including phenoxy) is 2. The van der Waals surface area contributed by atoms with E-state index in [-0.39, 0.29) is 15.6 Å². The molecule has 0 unspecified atom stereocenters. The summed E-state index contributed by atoms with van der Waals surface area (Å²) in [6.45, 7) is 0. The van der Waals surface area contributed by atoms with Gasteiger partial charge in [-0.05, 0) is 46.3 Å². The molecule has 0 heterocycles. The molecule has 0 radical (unpaired) electrons. The van der Waals surface area contributed by atoms with Crippen LogP contribution in [0.5, 0.6) is 11.5 Å². The van der Waals surface area contributed by atoms with Crippen molar-refractivity contribution in [3.8, 4) is 11.5 Å². The lowest BCUT2D eigenvalue weighted by atomic mass is 10.2. The zero-order valence-electron chi connectivity index (χ0n) is 12.9. The average Bonchev–Trinajstić information content (AvgIpc) is 2.58. The summed E-state index contributed by atoms with van der Waals surface area (Å²) in [7, 11) is 2.93. The van der Waals surface area contributed by atoms with Gasteiger partial charge in [0, 0.05) is 16.1 Å². The quantitative estimate of drug-likeness (QED) is 0.778. The van der Waals surface area contributed by atoms with Crippen molar-refractivity contribution >= 4 is 27.7 Å². The molecule has 0 aliphatic heterocycles. The Bertz CT molecular complexity index is 760. The van der Waals surface area contributed by atoms with E-state index in [1.54, 1.807) is 6.07 Å². The molecule has 2 aromatic rings. The molecular weight excluding hydrogens is 383 g/mol. The zero-order chi connectivity index (χ0) is 17.7. The monoisotopic (exact) mass is 396 g/mol. The number of carbonyl (C=O) groups excluding carboxylic acids is 2. The van der Waals surface area contributed by atoms with Gasteiger partial charge in [0.15, 0.2) is 0 Å². The van der Waals surface area contributed by atoms with Crippen LogP contribution in [0.2, 0.25) is 0 Å². The first-order chi connectivity index (χ1) is 11.4. The van der Waals surface area contributed by atoms with E-state index >= 15 is 0 Å². The van der Waals surface area contributed by atoms with Gasteiger partial charge >= 0.3 is 0 Å². The number of benzene rings is 2. The van der Waals surface area contributed by atoms with Gasteiger partial charge in [0.05, 0.1) is 19.8 Å². The highest BCUT2D eigenvalue weighted by molar-refractivity contribution is 9.10. The van der Waals surface area contributed by atoms with E-state index in [0.29, 0.717) is 11.5 Å². The number of hydrogen-bond acceptors (Lipinski definition) is 4. The summed E-state index contributed by atoms with van der Waals surface area (Å²) >= 11 is 3.09. The molecule has 126 valence electrons. The van der Waals surface area contributed by atoms with Gasteiger partial charge in [-0.15, -0.1) is 0 Å². The lowest BCUT2D eigenvalue weighted by molar-refractivity contribution is 0.0846. The van der Waals surface area contributed by atoms with Gasteiger partial charge in [-0.1, -0.05) is 0 Å². The third kappa shape index (κ3) is 4.23. The Labute approximate surface area is 146 Å². The Morgan fingerprint density at radius 3 is 2.08 bits per heavy atom. The first-order valence-electron chi connectivity index (χ1n) is 6.73. The van der Waals surface area contributed by atoms with Crippen LogP contribution < -0.4 is 20.3 Å². The molecule has 6 nitrogen and oxygen atoms in total. The molecule has 0 atom stereocenters. The van der Waals surface area contributed by atoms with Crippen molar-refractivity contribution in [2.24, 2.45) is 0 Å². The van der Waals surface area contributed by atoms with Crippen molar-refractivity contribution in [2.75, 3.05) is 14.2 Å². The number of amides is 2. The maximum atomic E-state index is 13.0. The van der Waals surface area contributed by atoms with Crippen molar-refractivity contribution in [1.82, 2.24) is 10.9 Å². The fourth-order valence-electron chi connectivity index (χ4n) is 1.87. The smallest absolute Gasteiger partial charge is 0.270 e. The van der Waals surface area contributed by atoms with E-state index in [4.69, 9.17) is 9.47 Å². The summed E-state index contributed by atoms with van der Waals surface area (Å²) in [6, 6.07) is 8.22. The summed E-state index contributed by atoms with van der Waals surface area (Å²) in [5, 5.41) is 0. The minimum absolute atomic E-state index is 0.180. The fourth-order valence-corrected chi connectivity index (χ4v) is 2.40. The first kappa shape index (κ1) is 17.7. The number of halogens is 2. The van der Waals surface area contributed by atoms with Crippen molar-refractivity contribution in [3.63, 3.8) is 0 Å². The second kappa shape index (κ2) is 7.78. The Morgan fingerprint density at radius 2 is 1.54 bits per heavy atom. The van der Waals surface area contributed by atoms with Crippen molar-refractivity contribution in [3.05, 3.63) is 57.8 Å². The van der Waals surface area contributed by atoms with E-state index in [9.17, 15) is 14.0 Å². The third-order valence-electron chi connectivity index (χ3n) is 3.08. The summed E-state index contributed by atoms with van der Waals surface area (Å²) in [5.41, 5.74) is 4.96. The van der Waals surface area contributed by atoms with Crippen LogP contribution in [0.25, 0.3) is 0 Å². The fraction of sp³-hybridized carbons (Fsp3) is 0.125. The molecule has 2 N–H and O–H groups in total. The Balaban J connectivity index is 2.08. The second-order valence-corrected chi connectivity index (χ2v) is 5.49. The molecular formula is C16H14BrFN2O4. The largest absolute Gasteiger partial charge is 0.497 e. The standard InChI is InChI=1S/C16H14BrFN2O4/c1-23-11-5-9(6-12(8-11)24-2)15(21)19-20-16(22)13-4-3-10(18)7-14(13)17/h3-8H,1-2H3,(H,19,21)(H,20,22). The molecule has 8 heteroatoms. The summed E-state index contributed by atoms with van der Waals surface area (Å²) in [6.07, 6.45) is 0. The van der Waals surface area contributed by atoms with Gasteiger partial charge in [-0.3, -0.25) is 20.4 Å². The van der Waals surface area contributed by atoms with Crippen LogP contribution in [0.15, 0.2) is 40.9 Å². The number of carbonyl (C=O) groups is 2. The van der Waals surface area contributed by atoms with Gasteiger partial charge < -0.3 is 9.47 Å². The lowest BCUT2D eigenvalue weighted by Gasteiger charge is -2.11. The van der Waals surface area contributed by atoms with E-state index < -0.39 is 17.6 Å². The van der Waals surface area contributed by atoms with Crippen molar-refractivity contribution in [1.29, 1.82) is 0 Å². The van der Waals surface area contributed by atoms with E-state index in [2.05, 4.69) is 26.8 Å². The van der Waals surface area contributed by atoms with Gasteiger partial charge in [0.1, 0.15) is 17.3 Å². The van der Waals surface area contributed by atoms with Gasteiger partial charge in [0.25, 0.3) is 11.8 Å². The Kier molecular flexibility index (Phi) is 5.75. The number of hydrazine groups is 1. The Morgan fingerprint density at radius 1 is 0.958 bits per heavy atom. The molecule has 0 saturated heterocycles. The average molecular weight is 397 g/mol. The SMILES string of the molecule is COc1cc(OC)cc(C(=O)NNC(=O)c2ccc(F)cc2Br)c1. The zero-order valence-corrected chi connectivity index (χ0v) is 14.4. The molecule has 0 fully saturated rings. The maximum absolute atomic E-state index is 13.0. The molecule has 0 spiro atoms. The van der Waals surface area contributed by atoms with Gasteiger partial charge in [-0.25, -0.2) is 4.39 Å². The highest BCUT2D eigenvalue weighted by atomic mass is 79.9. The number of hydrogen-bond donors (Lipinski definition) is 2. The highest BCUT2D eigenvalue weighted by Gasteiger charge is 2.14. The third-order valence-corrected chi connectivity index (χ3v) is 3.74. The summed E-state index contributed by atoms with van der Waals surface area (Å²) < 4.78 is 23.5. The Hall–Kier alpha value is -2.61. The molecule has 0 saturated carbocycles. The van der Waals surface area contributed by atoms with E-state index in [1.807, 2.05) is 0 Å². The maximum Gasteiger partial charge on any atom is 0.270 e. The number of nitrogens with one attached hydrogen (secondary N) is 2. The number of rotatable bonds is 4. The van der Waals surface area contributed by atoms with Gasteiger partial charge in [-0.2, -0.15) is 0 Å². The van der Waals surface area contributed by atoms with Crippen molar-refractivity contribution in [2.45, 2.75) is 0 Å². The predicted molar refractivity (Wildman–Crippen MR) is 88.6 cm³/mol. The predicted octanol–water partition coefficient (Wildman–Crippen LogP) is 2.68. The minimum Gasteiger partial charge on any atom is -0.497 e. The van der Waals surface area contributed by atoms with Crippen LogP contribution in [0.3, 0.4) is 0 Å². The van der Waals surface area contributed by atoms with Crippen molar-refractivity contribution < 1.29 is 23.5 Å². The molecule has 0 bridgehead atoms. The highest BCUT2D eigenvalue weighted by Crippen LogP contribution is 2.22. The van der Waals surface area contributed by atoms with Gasteiger partial charge in [0.2, 0.25) is 0 Å². The topological polar surface area (TPSA) is 76.7 Å². The lowest BCUT2D eigenvalue weighted by Crippen LogP contribution is -2.41. The molecule has 2 aromatic carbocycles. The van der Waals surface area contributed by atoms with Crippen LogP contribution in [-0.4, -0.2) is 26.0 Å². The number of methoxy groups -OCH3 is 2. The molecule has 2 amide bonds. The summed E-state index contributed by atoms with van der Waals surface area (Å²) in [4.78, 5) is 24.2. The second-order valence-electron chi connectivity index (χ2n) is 4.63. The van der Waals surface area contributed by atoms with E-state index in [0.717, 1.165) is 12.1 Å². The minimum atomic E-state index is -0.593. The molecule has 0 aliphatic rings. The molecule has 0 aliphatic carbocycles. The van der Waals surface area contributed by atoms with Crippen LogP contribution in [0, 0.1) is 5.82 Å². The molecule has 2 rings (SSSR count). The van der Waals surface area contributed by atoms with Crippen LogP contribution in [-0.2, 0) is 0 Å². The van der Waals surface area contributed by atoms with E-state index in [1.165, 1.54) is 32.4 Å². The first-order valence-corrected chi connectivity index (χ1v) is 7.52. The normalized spacial score (nSPS) is 10.0. The van der Waals surface area contributed by atoms with Crippen LogP contribution in [0.1, 0.15) is 20.7 Å².